The van der Waals surface area contributed by atoms with Crippen molar-refractivity contribution in [1.82, 2.24) is 10.0 Å². The maximum atomic E-state index is 12.2. The molecule has 1 heterocycles. The van der Waals surface area contributed by atoms with Crippen molar-refractivity contribution in [2.75, 3.05) is 6.54 Å². The van der Waals surface area contributed by atoms with E-state index in [9.17, 15) is 13.2 Å². The quantitative estimate of drug-likeness (QED) is 0.690. The van der Waals surface area contributed by atoms with Crippen LogP contribution < -0.4 is 15.8 Å². The fourth-order valence-corrected chi connectivity index (χ4v) is 3.38. The van der Waals surface area contributed by atoms with Gasteiger partial charge < -0.3 is 11.1 Å². The minimum absolute atomic E-state index is 0.0356. The van der Waals surface area contributed by atoms with Crippen molar-refractivity contribution in [1.29, 1.82) is 0 Å². The Balaban J connectivity index is 2.08. The van der Waals surface area contributed by atoms with Crippen LogP contribution >= 0.6 is 0 Å². The molecule has 1 aliphatic rings. The predicted octanol–water partition coefficient (Wildman–Crippen LogP) is -0.298. The fraction of sp³-hybridized carbons (Fsp3) is 0.417. The van der Waals surface area contributed by atoms with Crippen molar-refractivity contribution in [2.45, 2.75) is 30.3 Å². The molecular formula is C12H17N3O3S. The smallest absolute Gasteiger partial charge is 0.240 e. The van der Waals surface area contributed by atoms with Crippen molar-refractivity contribution in [3.05, 3.63) is 29.8 Å². The molecule has 1 aromatic carbocycles. The van der Waals surface area contributed by atoms with Crippen LogP contribution in [0.1, 0.15) is 18.4 Å². The van der Waals surface area contributed by atoms with E-state index in [4.69, 9.17) is 5.73 Å². The van der Waals surface area contributed by atoms with Crippen LogP contribution in [0, 0.1) is 0 Å². The normalized spacial score (nSPS) is 19.4. The summed E-state index contributed by atoms with van der Waals surface area (Å²) in [7, 11) is -3.59. The number of amides is 1. The molecule has 19 heavy (non-hydrogen) atoms. The molecule has 1 aromatic rings. The number of sulfonamides is 1. The Hall–Kier alpha value is -1.44. The molecule has 2 rings (SSSR count). The van der Waals surface area contributed by atoms with E-state index in [1.807, 2.05) is 0 Å². The minimum Gasteiger partial charge on any atom is -0.352 e. The molecule has 7 heteroatoms. The summed E-state index contributed by atoms with van der Waals surface area (Å²) in [4.78, 5) is 11.2. The maximum Gasteiger partial charge on any atom is 0.240 e. The lowest BCUT2D eigenvalue weighted by Gasteiger charge is -2.13. The number of hydrogen-bond donors (Lipinski definition) is 3. The second-order valence-electron chi connectivity index (χ2n) is 4.47. The summed E-state index contributed by atoms with van der Waals surface area (Å²) < 4.78 is 26.9. The van der Waals surface area contributed by atoms with Crippen LogP contribution in [0.3, 0.4) is 0 Å². The monoisotopic (exact) mass is 283 g/mol. The number of carbonyl (C=O) groups excluding carboxylic acids is 1. The number of nitrogens with one attached hydrogen (secondary N) is 2. The Morgan fingerprint density at radius 1 is 1.37 bits per heavy atom. The largest absolute Gasteiger partial charge is 0.352 e. The number of carbonyl (C=O) groups is 1. The summed E-state index contributed by atoms with van der Waals surface area (Å²) in [5.74, 6) is -0.0356. The first-order valence-corrected chi connectivity index (χ1v) is 7.58. The molecule has 6 nitrogen and oxygen atoms in total. The summed E-state index contributed by atoms with van der Waals surface area (Å²) in [5.41, 5.74) is 6.11. The van der Waals surface area contributed by atoms with Crippen molar-refractivity contribution in [2.24, 2.45) is 5.73 Å². The second kappa shape index (κ2) is 5.68. The number of nitrogens with two attached hydrogens (primary N) is 1. The Morgan fingerprint density at radius 3 is 2.74 bits per heavy atom. The van der Waals surface area contributed by atoms with Gasteiger partial charge in [0.2, 0.25) is 15.9 Å². The number of rotatable bonds is 5. The van der Waals surface area contributed by atoms with E-state index >= 15 is 0 Å². The summed E-state index contributed by atoms with van der Waals surface area (Å²) in [6.07, 6.45) is 1.10. The van der Waals surface area contributed by atoms with Crippen LogP contribution in [0.5, 0.6) is 0 Å². The van der Waals surface area contributed by atoms with Gasteiger partial charge in [-0.25, -0.2) is 13.1 Å². The molecular weight excluding hydrogens is 266 g/mol. The standard InChI is InChI=1S/C12H17N3O3S/c13-7-9-3-1-2-4-11(9)19(17,18)14-8-10-5-6-12(16)15-10/h1-4,10,14H,5-8,13H2,(H,15,16). The van der Waals surface area contributed by atoms with Gasteiger partial charge in [-0.15, -0.1) is 0 Å². The lowest BCUT2D eigenvalue weighted by atomic mass is 10.2. The Bertz CT molecular complexity index is 571. The number of hydrogen-bond acceptors (Lipinski definition) is 4. The first-order valence-electron chi connectivity index (χ1n) is 6.10. The van der Waals surface area contributed by atoms with Crippen LogP contribution in [-0.2, 0) is 21.4 Å². The molecule has 0 aromatic heterocycles. The van der Waals surface area contributed by atoms with Gasteiger partial charge in [-0.1, -0.05) is 18.2 Å². The highest BCUT2D eigenvalue weighted by Crippen LogP contribution is 2.15. The SMILES string of the molecule is NCc1ccccc1S(=O)(=O)NCC1CCC(=O)N1. The van der Waals surface area contributed by atoms with E-state index in [1.54, 1.807) is 18.2 Å². The van der Waals surface area contributed by atoms with Crippen molar-refractivity contribution in [3.8, 4) is 0 Å². The highest BCUT2D eigenvalue weighted by molar-refractivity contribution is 7.89. The highest BCUT2D eigenvalue weighted by atomic mass is 32.2. The van der Waals surface area contributed by atoms with Crippen LogP contribution in [0.2, 0.25) is 0 Å². The Labute approximate surface area is 112 Å². The molecule has 0 aliphatic carbocycles. The third-order valence-electron chi connectivity index (χ3n) is 3.09. The van der Waals surface area contributed by atoms with Gasteiger partial charge in [-0.2, -0.15) is 0 Å². The average molecular weight is 283 g/mol. The zero-order chi connectivity index (χ0) is 13.9. The molecule has 0 spiro atoms. The van der Waals surface area contributed by atoms with E-state index < -0.39 is 10.0 Å². The summed E-state index contributed by atoms with van der Waals surface area (Å²) in [6, 6.07) is 6.49. The maximum absolute atomic E-state index is 12.2. The van der Waals surface area contributed by atoms with Crippen molar-refractivity contribution < 1.29 is 13.2 Å². The fourth-order valence-electron chi connectivity index (χ4n) is 2.05. The lowest BCUT2D eigenvalue weighted by molar-refractivity contribution is -0.119. The molecule has 0 bridgehead atoms. The zero-order valence-corrected chi connectivity index (χ0v) is 11.2. The minimum atomic E-state index is -3.59. The van der Waals surface area contributed by atoms with Crippen LogP contribution in [0.4, 0.5) is 0 Å². The predicted molar refractivity (Wildman–Crippen MR) is 70.7 cm³/mol. The highest BCUT2D eigenvalue weighted by Gasteiger charge is 2.24. The first kappa shape index (κ1) is 14.0. The van der Waals surface area contributed by atoms with E-state index in [1.165, 1.54) is 6.07 Å². The van der Waals surface area contributed by atoms with Gasteiger partial charge in [0.1, 0.15) is 0 Å². The Morgan fingerprint density at radius 2 is 2.11 bits per heavy atom. The summed E-state index contributed by atoms with van der Waals surface area (Å²) in [6.45, 7) is 0.365. The third-order valence-corrected chi connectivity index (χ3v) is 4.61. The molecule has 0 saturated carbocycles. The summed E-state index contributed by atoms with van der Waals surface area (Å²) >= 11 is 0. The van der Waals surface area contributed by atoms with E-state index in [0.717, 1.165) is 0 Å². The van der Waals surface area contributed by atoms with Gasteiger partial charge >= 0.3 is 0 Å². The lowest BCUT2D eigenvalue weighted by Crippen LogP contribution is -2.38. The van der Waals surface area contributed by atoms with Gasteiger partial charge in [-0.3, -0.25) is 4.79 Å². The van der Waals surface area contributed by atoms with Gasteiger partial charge in [0.05, 0.1) is 4.90 Å². The van der Waals surface area contributed by atoms with Gasteiger partial charge in [0, 0.05) is 25.6 Å². The van der Waals surface area contributed by atoms with E-state index in [-0.39, 0.29) is 29.9 Å². The molecule has 0 radical (unpaired) electrons. The van der Waals surface area contributed by atoms with Crippen LogP contribution in [0.25, 0.3) is 0 Å². The van der Waals surface area contributed by atoms with Gasteiger partial charge in [0.15, 0.2) is 0 Å². The molecule has 1 fully saturated rings. The topological polar surface area (TPSA) is 101 Å². The first-order chi connectivity index (χ1) is 9.03. The zero-order valence-electron chi connectivity index (χ0n) is 10.4. The second-order valence-corrected chi connectivity index (χ2v) is 6.20. The average Bonchev–Trinajstić information content (AvgIpc) is 2.82. The molecule has 1 unspecified atom stereocenters. The van der Waals surface area contributed by atoms with Crippen LogP contribution in [-0.4, -0.2) is 26.9 Å². The number of benzene rings is 1. The molecule has 1 amide bonds. The van der Waals surface area contributed by atoms with Gasteiger partial charge in [-0.05, 0) is 18.1 Å². The summed E-state index contributed by atoms with van der Waals surface area (Å²) in [5, 5.41) is 2.72. The Kier molecular flexibility index (Phi) is 4.18. The van der Waals surface area contributed by atoms with Gasteiger partial charge in [0.25, 0.3) is 0 Å². The molecule has 104 valence electrons. The van der Waals surface area contributed by atoms with Crippen molar-refractivity contribution >= 4 is 15.9 Å². The molecule has 1 atom stereocenters. The third kappa shape index (κ3) is 3.31. The molecule has 4 N–H and O–H groups in total. The molecule has 1 aliphatic heterocycles. The molecule has 1 saturated heterocycles. The van der Waals surface area contributed by atoms with E-state index in [2.05, 4.69) is 10.0 Å². The van der Waals surface area contributed by atoms with Crippen molar-refractivity contribution in [3.63, 3.8) is 0 Å². The van der Waals surface area contributed by atoms with E-state index in [0.29, 0.717) is 18.4 Å². The van der Waals surface area contributed by atoms with Crippen LogP contribution in [0.15, 0.2) is 29.2 Å².